The molecule has 8 aromatic carbocycles. The van der Waals surface area contributed by atoms with Crippen molar-refractivity contribution in [2.45, 2.75) is 86.6 Å². The monoisotopic (exact) mass is 2700 g/mol. The van der Waals surface area contributed by atoms with Gasteiger partial charge in [0, 0.05) is 169 Å². The van der Waals surface area contributed by atoms with Gasteiger partial charge in [0.25, 0.3) is 0 Å². The van der Waals surface area contributed by atoms with Crippen LogP contribution in [-0.4, -0.2) is 99.6 Å². The molecular formula is C99H90Ir6N6O11-6. The smallest absolute Gasteiger partial charge is 0.155 e. The number of carbonyl (C=O) groups is 4. The first-order valence-electron chi connectivity index (χ1n) is 36.8. The van der Waals surface area contributed by atoms with E-state index < -0.39 is 0 Å². The van der Waals surface area contributed by atoms with Crippen molar-refractivity contribution >= 4 is 45.7 Å². The summed E-state index contributed by atoms with van der Waals surface area (Å²) in [6, 6.07) is 96.0. The molecule has 4 aliphatic rings. The Labute approximate surface area is 795 Å². The van der Waals surface area contributed by atoms with Crippen LogP contribution in [0.3, 0.4) is 0 Å². The maximum atomic E-state index is 10.0. The van der Waals surface area contributed by atoms with Gasteiger partial charge in [0.15, 0.2) is 23.1 Å². The van der Waals surface area contributed by atoms with Crippen molar-refractivity contribution in [3.8, 4) is 56.6 Å². The minimum atomic E-state index is -0.125. The van der Waals surface area contributed by atoms with Gasteiger partial charge in [-0.05, 0) is 103 Å². The summed E-state index contributed by atoms with van der Waals surface area (Å²) in [4.78, 5) is 66.2. The maximum absolute atomic E-state index is 10.0. The van der Waals surface area contributed by atoms with Gasteiger partial charge in [0.1, 0.15) is 47.7 Å². The fraction of sp³-hybridized carbons (Fsp3) is 0.131. The molecule has 0 spiro atoms. The van der Waals surface area contributed by atoms with Gasteiger partial charge in [-0.15, -0.1) is 191 Å². The fourth-order valence-electron chi connectivity index (χ4n) is 10.5. The van der Waals surface area contributed by atoms with Gasteiger partial charge in [-0.3, -0.25) is 34.1 Å². The number of aryl methyl sites for hydroxylation is 1. The van der Waals surface area contributed by atoms with Crippen molar-refractivity contribution < 1.29 is 174 Å². The first-order chi connectivity index (χ1) is 56.1. The van der Waals surface area contributed by atoms with Crippen molar-refractivity contribution in [2.24, 2.45) is 9.98 Å². The van der Waals surface area contributed by atoms with Crippen LogP contribution in [-0.2, 0) is 149 Å². The van der Waals surface area contributed by atoms with Crippen LogP contribution >= 0.6 is 0 Å². The van der Waals surface area contributed by atoms with Gasteiger partial charge < -0.3 is 49.3 Å². The number of hydrogen-bond donors (Lipinski definition) is 4. The van der Waals surface area contributed by atoms with Crippen LogP contribution in [0, 0.1) is 43.3 Å². The van der Waals surface area contributed by atoms with Crippen molar-refractivity contribution in [1.29, 1.82) is 0 Å². The Bertz CT molecular complexity index is 5040. The molecule has 6 heterocycles. The first-order valence-corrected chi connectivity index (χ1v) is 36.8. The molecule has 23 heteroatoms. The Morgan fingerprint density at radius 2 is 0.738 bits per heavy atom. The van der Waals surface area contributed by atoms with Crippen molar-refractivity contribution in [3.05, 3.63) is 410 Å². The van der Waals surface area contributed by atoms with Gasteiger partial charge in [-0.1, -0.05) is 156 Å². The first kappa shape index (κ1) is 109. The average molecular weight is 2690 g/mol. The second-order valence-electron chi connectivity index (χ2n) is 25.5. The molecule has 0 saturated carbocycles. The SMILES string of the molecule is CC(=O)C=C(C)O.CC(=O)C=C(C)O.CC(=O)C=C(C)O.CC(=O)C=C(C)O.Cc1c[c-]c(-c2ccccn2)cc1.[Ir].[Ir].[Ir].[Ir].[Ir].[Ir].[c-]1ccc2ccccc2c1C1=NC2C=CC=CC2O1.[c-]1ccccc1-c1ccccn1.[c-]1ccccc1-c1ccccn1.[c-]1ccccc1-c1ncc(-c2ccccc2)o1.[c-]1ccccc1C1=NC2C=CC=CC2O1. The van der Waals surface area contributed by atoms with E-state index in [1.54, 1.807) is 24.8 Å². The van der Waals surface area contributed by atoms with Gasteiger partial charge in [0.2, 0.25) is 0 Å². The Kier molecular flexibility index (Phi) is 55.2. The number of ether oxygens (including phenoxy) is 2. The van der Waals surface area contributed by atoms with Crippen LogP contribution in [0.25, 0.3) is 67.3 Å². The third kappa shape index (κ3) is 41.7. The molecule has 4 atom stereocenters. The number of benzene rings is 8. The molecule has 122 heavy (non-hydrogen) atoms. The molecule has 0 bridgehead atoms. The number of aromatic nitrogens is 4. The van der Waals surface area contributed by atoms with Crippen LogP contribution in [0.1, 0.15) is 72.1 Å². The zero-order valence-electron chi connectivity index (χ0n) is 67.9. The molecule has 17 nitrogen and oxygen atoms in total. The number of aliphatic hydroxyl groups excluding tert-OH is 4. The van der Waals surface area contributed by atoms with Gasteiger partial charge in [-0.25, -0.2) is 0 Å². The number of aliphatic imine (C=N–C) groups is 2. The van der Waals surface area contributed by atoms with E-state index in [2.05, 4.69) is 110 Å². The molecule has 0 saturated heterocycles. The average Bonchev–Trinajstić information content (AvgIpc) is 1.38. The number of carbonyl (C=O) groups excluding carboxylic acids is 4. The topological polar surface area (TPSA) is 257 Å². The molecule has 6 radical (unpaired) electrons. The Morgan fingerprint density at radius 3 is 1.11 bits per heavy atom. The molecule has 642 valence electrons. The summed E-state index contributed by atoms with van der Waals surface area (Å²) in [7, 11) is 0. The summed E-state index contributed by atoms with van der Waals surface area (Å²) in [5, 5.41) is 35.8. The predicted octanol–water partition coefficient (Wildman–Crippen LogP) is 21.3. The van der Waals surface area contributed by atoms with E-state index in [1.807, 2.05) is 249 Å². The number of fused-ring (bicyclic) bond motifs is 3. The van der Waals surface area contributed by atoms with E-state index in [0.717, 1.165) is 67.2 Å². The second kappa shape index (κ2) is 61.6. The molecule has 2 aliphatic carbocycles. The zero-order valence-corrected chi connectivity index (χ0v) is 82.3. The Morgan fingerprint density at radius 1 is 0.361 bits per heavy atom. The summed E-state index contributed by atoms with van der Waals surface area (Å²) in [6.07, 6.45) is 28.1. The summed E-state index contributed by atoms with van der Waals surface area (Å²) in [5.41, 5.74) is 11.0. The van der Waals surface area contributed by atoms with Crippen molar-refractivity contribution in [3.63, 3.8) is 0 Å². The van der Waals surface area contributed by atoms with E-state index in [4.69, 9.17) is 34.3 Å². The van der Waals surface area contributed by atoms with Crippen LogP contribution in [0.5, 0.6) is 0 Å². The number of rotatable bonds is 11. The normalized spacial score (nSPS) is 14.1. The van der Waals surface area contributed by atoms with E-state index in [0.29, 0.717) is 17.7 Å². The Balaban J connectivity index is 0.000000687. The standard InChI is InChI=1S/C17H12NO.C15H10NO.C13H10NO.C12H10N.2C11H8N.4C5H8O2.6Ir/c1-2-8-13-12(6-1)7-5-9-14(13)17-18-15-10-3-4-11-16(15)19-17;1-3-7-12(8-4-1)14-11-16-15(17-14)13-9-5-2-6-10-13;1-2-6-10(7-3-1)13-14-11-8-4-5-9-12(11)15-13;1-10-5-7-11(8-6-10)12-4-2-3-9-13-12;2*1-2-6-10(7-3-1)11-8-4-5-9-12-11;4*1-4(6)3-5(2)7;;;;;;/h1-8,10-11,15-16H;1-9,11H;1-6,8-9,11-12H;2-7,9H,1H3;2*1-6,8-9H;4*3,6H,1-2H3;;;;;;/q6*-1;;;;;;;;;;. The third-order valence-electron chi connectivity index (χ3n) is 15.4. The molecule has 0 amide bonds. The molecule has 4 N–H and O–H groups in total. The molecule has 12 aromatic rings. The van der Waals surface area contributed by atoms with E-state index in [9.17, 15) is 19.2 Å². The summed E-state index contributed by atoms with van der Waals surface area (Å²) in [6.45, 7) is 13.4. The number of oxazole rings is 1. The van der Waals surface area contributed by atoms with Crippen LogP contribution in [0.15, 0.2) is 372 Å². The van der Waals surface area contributed by atoms with E-state index in [1.165, 1.54) is 90.6 Å². The van der Waals surface area contributed by atoms with Crippen molar-refractivity contribution in [2.75, 3.05) is 0 Å². The number of allylic oxidation sites excluding steroid dienone is 12. The Hall–Kier alpha value is -10.7. The summed E-state index contributed by atoms with van der Waals surface area (Å²) in [5.74, 6) is 2.52. The number of ketones is 4. The predicted molar refractivity (Wildman–Crippen MR) is 460 cm³/mol. The number of pyridine rings is 3. The molecule has 4 unspecified atom stereocenters. The molecule has 2 aliphatic heterocycles. The van der Waals surface area contributed by atoms with E-state index >= 15 is 0 Å². The number of nitrogens with zero attached hydrogens (tertiary/aromatic N) is 6. The van der Waals surface area contributed by atoms with Gasteiger partial charge in [0.05, 0.1) is 29.2 Å². The minimum absolute atomic E-state index is 0. The summed E-state index contributed by atoms with van der Waals surface area (Å²) < 4.78 is 17.4. The van der Waals surface area contributed by atoms with Crippen LogP contribution in [0.4, 0.5) is 0 Å². The van der Waals surface area contributed by atoms with E-state index in [-0.39, 0.29) is 191 Å². The van der Waals surface area contributed by atoms with Gasteiger partial charge in [-0.2, -0.15) is 0 Å². The summed E-state index contributed by atoms with van der Waals surface area (Å²) >= 11 is 0. The molecular weight excluding hydrogens is 2600 g/mol. The number of hydrogen-bond acceptors (Lipinski definition) is 17. The van der Waals surface area contributed by atoms with Crippen LogP contribution in [0.2, 0.25) is 0 Å². The largest absolute Gasteiger partial charge is 0.512 e. The fourth-order valence-corrected chi connectivity index (χ4v) is 10.5. The van der Waals surface area contributed by atoms with Crippen LogP contribution < -0.4 is 0 Å². The zero-order chi connectivity index (χ0) is 83.2. The quantitative estimate of drug-likeness (QED) is 0.0533. The third-order valence-corrected chi connectivity index (χ3v) is 15.4. The van der Waals surface area contributed by atoms with Gasteiger partial charge >= 0.3 is 0 Å². The number of aliphatic hydroxyl groups is 4. The minimum Gasteiger partial charge on any atom is -0.512 e. The molecule has 0 fully saturated rings. The maximum Gasteiger partial charge on any atom is 0.155 e. The van der Waals surface area contributed by atoms with Crippen molar-refractivity contribution in [1.82, 2.24) is 19.9 Å². The second-order valence-corrected chi connectivity index (χ2v) is 25.5. The molecule has 16 rings (SSSR count). The molecule has 4 aromatic heterocycles.